The molecule has 0 radical (unpaired) electrons. The monoisotopic (exact) mass is 514 g/mol. The topological polar surface area (TPSA) is 102 Å². The van der Waals surface area contributed by atoms with Crippen molar-refractivity contribution < 1.29 is 26.0 Å². The van der Waals surface area contributed by atoms with E-state index in [0.717, 1.165) is 6.07 Å². The number of nitrogens with one attached hydrogen (secondary N) is 1. The Bertz CT molecular complexity index is 1690. The molecule has 8 nitrogen and oxygen atoms in total. The van der Waals surface area contributed by atoms with Gasteiger partial charge in [-0.05, 0) is 54.6 Å². The number of pyridine rings is 1. The van der Waals surface area contributed by atoms with E-state index in [1.165, 1.54) is 16.6 Å². The molecule has 5 rings (SSSR count). The van der Waals surface area contributed by atoms with Crippen molar-refractivity contribution in [3.63, 3.8) is 0 Å². The Morgan fingerprint density at radius 2 is 1.69 bits per heavy atom. The lowest BCUT2D eigenvalue weighted by Crippen LogP contribution is -2.15. The van der Waals surface area contributed by atoms with Gasteiger partial charge in [-0.3, -0.25) is 9.71 Å². The van der Waals surface area contributed by atoms with Crippen LogP contribution in [0.3, 0.4) is 0 Å². The molecule has 5 aromatic rings. The zero-order valence-electron chi connectivity index (χ0n) is 18.0. The number of sulfonamides is 1. The van der Waals surface area contributed by atoms with Crippen molar-refractivity contribution in [2.45, 2.75) is 11.1 Å². The number of nitrogens with zero attached hydrogens (tertiary/aromatic N) is 5. The van der Waals surface area contributed by atoms with Crippen LogP contribution in [0.15, 0.2) is 83.9 Å². The lowest BCUT2D eigenvalue weighted by atomic mass is 10.1. The maximum Gasteiger partial charge on any atom is 0.419 e. The molecular weight excluding hydrogens is 500 g/mol. The molecule has 0 spiro atoms. The van der Waals surface area contributed by atoms with Crippen molar-refractivity contribution in [3.05, 3.63) is 90.4 Å². The van der Waals surface area contributed by atoms with Crippen LogP contribution in [-0.2, 0) is 16.2 Å². The molecule has 3 aromatic heterocycles. The molecule has 182 valence electrons. The summed E-state index contributed by atoms with van der Waals surface area (Å²) < 4.78 is 81.9. The van der Waals surface area contributed by atoms with Crippen LogP contribution in [0.25, 0.3) is 28.4 Å². The summed E-state index contributed by atoms with van der Waals surface area (Å²) in [5.74, 6) is -1.16. The molecule has 1 N–H and O–H groups in total. The number of fused-ring (bicyclic) bond motifs is 1. The highest BCUT2D eigenvalue weighted by molar-refractivity contribution is 7.92. The molecule has 0 fully saturated rings. The second-order valence-corrected chi connectivity index (χ2v) is 9.24. The van der Waals surface area contributed by atoms with Crippen LogP contribution in [0.4, 0.5) is 23.2 Å². The third kappa shape index (κ3) is 4.47. The predicted octanol–water partition coefficient (Wildman–Crippen LogP) is 4.81. The van der Waals surface area contributed by atoms with Crippen molar-refractivity contribution in [3.8, 4) is 22.8 Å². The van der Waals surface area contributed by atoms with Gasteiger partial charge in [0.05, 0.1) is 16.2 Å². The lowest BCUT2D eigenvalue weighted by Gasteiger charge is -2.12. The number of rotatable bonds is 5. The third-order valence-corrected chi connectivity index (χ3v) is 6.50. The van der Waals surface area contributed by atoms with E-state index >= 15 is 0 Å². The van der Waals surface area contributed by atoms with Gasteiger partial charge < -0.3 is 0 Å². The summed E-state index contributed by atoms with van der Waals surface area (Å²) in [7, 11) is -4.45. The van der Waals surface area contributed by atoms with E-state index in [1.54, 1.807) is 48.7 Å². The van der Waals surface area contributed by atoms with Crippen LogP contribution in [0, 0.1) is 5.82 Å². The predicted molar refractivity (Wildman–Crippen MR) is 122 cm³/mol. The van der Waals surface area contributed by atoms with Gasteiger partial charge in [-0.1, -0.05) is 18.2 Å². The van der Waals surface area contributed by atoms with Crippen molar-refractivity contribution >= 4 is 21.4 Å². The Morgan fingerprint density at radius 3 is 2.44 bits per heavy atom. The molecule has 3 heterocycles. The summed E-state index contributed by atoms with van der Waals surface area (Å²) in [6.07, 6.45) is -3.44. The van der Waals surface area contributed by atoms with Gasteiger partial charge in [0.15, 0.2) is 5.65 Å². The second kappa shape index (κ2) is 8.68. The summed E-state index contributed by atoms with van der Waals surface area (Å²) >= 11 is 0. The average molecular weight is 514 g/mol. The number of aromatic nitrogens is 5. The first-order chi connectivity index (χ1) is 17.1. The molecule has 0 aliphatic carbocycles. The number of hydrogen-bond acceptors (Lipinski definition) is 6. The van der Waals surface area contributed by atoms with Crippen LogP contribution in [-0.4, -0.2) is 33.2 Å². The largest absolute Gasteiger partial charge is 0.419 e. The Balaban J connectivity index is 1.48. The Labute approximate surface area is 201 Å². The summed E-state index contributed by atoms with van der Waals surface area (Å²) in [5.41, 5.74) is 0.367. The molecule has 0 unspecified atom stereocenters. The molecule has 0 atom stereocenters. The molecule has 0 aliphatic rings. The molecule has 2 aromatic carbocycles. The van der Waals surface area contributed by atoms with Gasteiger partial charge in [0.1, 0.15) is 11.5 Å². The molecule has 36 heavy (non-hydrogen) atoms. The molecular formula is C23H14F4N6O2S. The smallest absolute Gasteiger partial charge is 0.280 e. The van der Waals surface area contributed by atoms with Gasteiger partial charge in [0, 0.05) is 17.4 Å². The minimum absolute atomic E-state index is 0.0704. The summed E-state index contributed by atoms with van der Waals surface area (Å²) in [6, 6.07) is 16.2. The summed E-state index contributed by atoms with van der Waals surface area (Å²) in [6.45, 7) is 0. The number of hydrogen-bond donors (Lipinski definition) is 1. The van der Waals surface area contributed by atoms with Crippen molar-refractivity contribution in [2.75, 3.05) is 4.72 Å². The van der Waals surface area contributed by atoms with Crippen LogP contribution < -0.4 is 4.72 Å². The van der Waals surface area contributed by atoms with Gasteiger partial charge >= 0.3 is 6.18 Å². The van der Waals surface area contributed by atoms with E-state index in [0.29, 0.717) is 34.5 Å². The zero-order valence-corrected chi connectivity index (χ0v) is 18.8. The highest BCUT2D eigenvalue weighted by Gasteiger charge is 2.35. The fourth-order valence-corrected chi connectivity index (χ4v) is 4.52. The number of benzene rings is 2. The molecule has 0 bridgehead atoms. The van der Waals surface area contributed by atoms with Crippen LogP contribution in [0.2, 0.25) is 0 Å². The standard InChI is InChI=1S/C23H14F4N6O2S/c24-18-8-7-16(13-17(18)23(25,26)27)36(34,35)32-15-5-3-4-14(12-15)19-9-10-21-29-30-22(33(21)31-19)20-6-1-2-11-28-20/h1-13,32H. The SMILES string of the molecule is O=S(=O)(Nc1cccc(-c2ccc3nnc(-c4ccccn4)n3n2)c1)c1ccc(F)c(C(F)(F)F)c1. The Kier molecular flexibility index (Phi) is 5.63. The molecule has 0 amide bonds. The molecule has 0 saturated carbocycles. The van der Waals surface area contributed by atoms with Gasteiger partial charge in [0.25, 0.3) is 10.0 Å². The quantitative estimate of drug-likeness (QED) is 0.338. The van der Waals surface area contributed by atoms with E-state index in [2.05, 4.69) is 25.0 Å². The first kappa shape index (κ1) is 23.4. The average Bonchev–Trinajstić information content (AvgIpc) is 3.27. The van der Waals surface area contributed by atoms with Crippen molar-refractivity contribution in [1.29, 1.82) is 0 Å². The van der Waals surface area contributed by atoms with Gasteiger partial charge in [-0.2, -0.15) is 22.8 Å². The highest BCUT2D eigenvalue weighted by atomic mass is 32.2. The van der Waals surface area contributed by atoms with Gasteiger partial charge in [-0.25, -0.2) is 12.8 Å². The highest BCUT2D eigenvalue weighted by Crippen LogP contribution is 2.33. The maximum absolute atomic E-state index is 13.6. The van der Waals surface area contributed by atoms with E-state index in [9.17, 15) is 26.0 Å². The molecule has 0 aliphatic heterocycles. The van der Waals surface area contributed by atoms with E-state index in [1.807, 2.05) is 0 Å². The number of anilines is 1. The first-order valence-electron chi connectivity index (χ1n) is 10.3. The van der Waals surface area contributed by atoms with E-state index in [4.69, 9.17) is 0 Å². The number of alkyl halides is 3. The minimum atomic E-state index is -5.05. The fourth-order valence-electron chi connectivity index (χ4n) is 3.44. The minimum Gasteiger partial charge on any atom is -0.280 e. The van der Waals surface area contributed by atoms with E-state index in [-0.39, 0.29) is 11.8 Å². The second-order valence-electron chi connectivity index (χ2n) is 7.55. The van der Waals surface area contributed by atoms with Crippen LogP contribution in [0.1, 0.15) is 5.56 Å². The zero-order chi connectivity index (χ0) is 25.5. The normalized spacial score (nSPS) is 12.1. The lowest BCUT2D eigenvalue weighted by molar-refractivity contribution is -0.140. The molecule has 0 saturated heterocycles. The summed E-state index contributed by atoms with van der Waals surface area (Å²) in [5, 5.41) is 12.7. The van der Waals surface area contributed by atoms with Crippen molar-refractivity contribution in [1.82, 2.24) is 24.8 Å². The Morgan fingerprint density at radius 1 is 0.861 bits per heavy atom. The summed E-state index contributed by atoms with van der Waals surface area (Å²) in [4.78, 5) is 3.52. The van der Waals surface area contributed by atoms with Gasteiger partial charge in [0.2, 0.25) is 5.82 Å². The van der Waals surface area contributed by atoms with Crippen LogP contribution in [0.5, 0.6) is 0 Å². The van der Waals surface area contributed by atoms with Crippen molar-refractivity contribution in [2.24, 2.45) is 0 Å². The first-order valence-corrected chi connectivity index (χ1v) is 11.7. The van der Waals surface area contributed by atoms with E-state index < -0.39 is 32.5 Å². The fraction of sp³-hybridized carbons (Fsp3) is 0.0435. The number of halogens is 4. The maximum atomic E-state index is 13.6. The van der Waals surface area contributed by atoms with Crippen LogP contribution >= 0.6 is 0 Å². The van der Waals surface area contributed by atoms with Gasteiger partial charge in [-0.15, -0.1) is 10.2 Å². The molecule has 13 heteroatoms. The Hall–Kier alpha value is -4.39. The third-order valence-electron chi connectivity index (χ3n) is 5.12.